The second-order valence-corrected chi connectivity index (χ2v) is 8.33. The number of nitrogens with zero attached hydrogens (tertiary/aromatic N) is 4. The van der Waals surface area contributed by atoms with Crippen molar-refractivity contribution in [1.29, 1.82) is 0 Å². The van der Waals surface area contributed by atoms with Crippen LogP contribution in [0.3, 0.4) is 0 Å². The zero-order chi connectivity index (χ0) is 17.2. The molecule has 1 aromatic carbocycles. The zero-order valence-electron chi connectivity index (χ0n) is 13.8. The molecule has 3 aromatic heterocycles. The SMILES string of the molecule is CC1(C)Cc2c(sc3ncn4nc(-c5ccccc5Cl)nc4c23)CO1. The van der Waals surface area contributed by atoms with E-state index in [1.807, 2.05) is 24.3 Å². The highest BCUT2D eigenvalue weighted by Crippen LogP contribution is 2.39. The Balaban J connectivity index is 1.78. The molecule has 0 aliphatic carbocycles. The molecule has 0 spiro atoms. The van der Waals surface area contributed by atoms with Gasteiger partial charge in [0.15, 0.2) is 11.5 Å². The van der Waals surface area contributed by atoms with Crippen LogP contribution in [0.5, 0.6) is 0 Å². The first-order chi connectivity index (χ1) is 12.0. The molecule has 0 N–H and O–H groups in total. The Bertz CT molecular complexity index is 1130. The number of fused-ring (bicyclic) bond motifs is 5. The number of ether oxygens (including phenoxy) is 1. The Hall–Kier alpha value is -2.02. The molecule has 0 bridgehead atoms. The first-order valence-electron chi connectivity index (χ1n) is 8.06. The van der Waals surface area contributed by atoms with Gasteiger partial charge in [0.05, 0.1) is 22.6 Å². The Morgan fingerprint density at radius 2 is 2.12 bits per heavy atom. The fourth-order valence-electron chi connectivity index (χ4n) is 3.30. The molecule has 0 unspecified atom stereocenters. The van der Waals surface area contributed by atoms with Gasteiger partial charge in [0, 0.05) is 16.9 Å². The minimum Gasteiger partial charge on any atom is -0.370 e. The van der Waals surface area contributed by atoms with Crippen LogP contribution in [0, 0.1) is 0 Å². The summed E-state index contributed by atoms with van der Waals surface area (Å²) in [6.45, 7) is 4.86. The molecule has 0 saturated heterocycles. The van der Waals surface area contributed by atoms with Crippen LogP contribution in [0.15, 0.2) is 30.6 Å². The molecule has 25 heavy (non-hydrogen) atoms. The first kappa shape index (κ1) is 15.3. The number of benzene rings is 1. The Labute approximate surface area is 153 Å². The Kier molecular flexibility index (Phi) is 3.20. The summed E-state index contributed by atoms with van der Waals surface area (Å²) in [4.78, 5) is 11.6. The predicted molar refractivity (Wildman–Crippen MR) is 99.2 cm³/mol. The number of thiophene rings is 1. The quantitative estimate of drug-likeness (QED) is 0.494. The van der Waals surface area contributed by atoms with Gasteiger partial charge < -0.3 is 4.74 Å². The fourth-order valence-corrected chi connectivity index (χ4v) is 4.58. The summed E-state index contributed by atoms with van der Waals surface area (Å²) in [5.41, 5.74) is 2.76. The lowest BCUT2D eigenvalue weighted by Crippen LogP contribution is -2.31. The molecule has 126 valence electrons. The van der Waals surface area contributed by atoms with E-state index in [9.17, 15) is 0 Å². The molecule has 5 rings (SSSR count). The van der Waals surface area contributed by atoms with E-state index in [1.165, 1.54) is 10.4 Å². The Morgan fingerprint density at radius 1 is 1.28 bits per heavy atom. The van der Waals surface area contributed by atoms with Gasteiger partial charge in [-0.2, -0.15) is 0 Å². The van der Waals surface area contributed by atoms with E-state index in [0.717, 1.165) is 27.8 Å². The van der Waals surface area contributed by atoms with Crippen molar-refractivity contribution >= 4 is 38.8 Å². The van der Waals surface area contributed by atoms with Gasteiger partial charge in [-0.1, -0.05) is 23.7 Å². The van der Waals surface area contributed by atoms with Crippen LogP contribution >= 0.6 is 22.9 Å². The highest BCUT2D eigenvalue weighted by atomic mass is 35.5. The summed E-state index contributed by atoms with van der Waals surface area (Å²) in [6, 6.07) is 7.62. The van der Waals surface area contributed by atoms with Gasteiger partial charge in [0.25, 0.3) is 0 Å². The Morgan fingerprint density at radius 3 is 2.96 bits per heavy atom. The van der Waals surface area contributed by atoms with E-state index in [0.29, 0.717) is 17.5 Å². The smallest absolute Gasteiger partial charge is 0.183 e. The van der Waals surface area contributed by atoms with Gasteiger partial charge in [-0.15, -0.1) is 16.4 Å². The fraction of sp³-hybridized carbons (Fsp3) is 0.278. The van der Waals surface area contributed by atoms with Gasteiger partial charge in [0.1, 0.15) is 11.2 Å². The van der Waals surface area contributed by atoms with Crippen molar-refractivity contribution in [3.8, 4) is 11.4 Å². The third kappa shape index (κ3) is 2.36. The van der Waals surface area contributed by atoms with E-state index in [2.05, 4.69) is 23.9 Å². The van der Waals surface area contributed by atoms with E-state index in [4.69, 9.17) is 21.3 Å². The van der Waals surface area contributed by atoms with Crippen molar-refractivity contribution in [1.82, 2.24) is 19.6 Å². The highest BCUT2D eigenvalue weighted by molar-refractivity contribution is 7.19. The zero-order valence-corrected chi connectivity index (χ0v) is 15.4. The molecule has 0 saturated carbocycles. The van der Waals surface area contributed by atoms with E-state index < -0.39 is 0 Å². The number of aromatic nitrogens is 4. The molecule has 1 aliphatic heterocycles. The lowest BCUT2D eigenvalue weighted by Gasteiger charge is -2.30. The number of halogens is 1. The van der Waals surface area contributed by atoms with E-state index >= 15 is 0 Å². The summed E-state index contributed by atoms with van der Waals surface area (Å²) >= 11 is 8.00. The van der Waals surface area contributed by atoms with Gasteiger partial charge in [-0.05, 0) is 31.5 Å². The van der Waals surface area contributed by atoms with Crippen molar-refractivity contribution in [2.24, 2.45) is 0 Å². The molecule has 0 amide bonds. The number of rotatable bonds is 1. The largest absolute Gasteiger partial charge is 0.370 e. The predicted octanol–water partition coefficient (Wildman–Crippen LogP) is 4.51. The minimum atomic E-state index is -0.181. The normalized spacial score (nSPS) is 16.4. The van der Waals surface area contributed by atoms with Gasteiger partial charge >= 0.3 is 0 Å². The monoisotopic (exact) mass is 370 g/mol. The minimum absolute atomic E-state index is 0.181. The van der Waals surface area contributed by atoms with Crippen LogP contribution in [-0.2, 0) is 17.8 Å². The standard InChI is InChI=1S/C18H15ClN4OS/c1-18(2)7-11-13(8-24-18)25-17-14(11)16-21-15(22-23(16)9-20-17)10-5-3-4-6-12(10)19/h3-6,9H,7-8H2,1-2H3. The van der Waals surface area contributed by atoms with Crippen molar-refractivity contribution in [3.63, 3.8) is 0 Å². The molecule has 4 aromatic rings. The van der Waals surface area contributed by atoms with Crippen LogP contribution < -0.4 is 0 Å². The first-order valence-corrected chi connectivity index (χ1v) is 9.26. The van der Waals surface area contributed by atoms with Crippen molar-refractivity contribution in [2.45, 2.75) is 32.5 Å². The van der Waals surface area contributed by atoms with Crippen LogP contribution in [0.2, 0.25) is 5.02 Å². The topological polar surface area (TPSA) is 52.3 Å². The molecule has 5 nitrogen and oxygen atoms in total. The van der Waals surface area contributed by atoms with Gasteiger partial charge in [-0.25, -0.2) is 14.5 Å². The van der Waals surface area contributed by atoms with Crippen molar-refractivity contribution in [3.05, 3.63) is 46.1 Å². The maximum absolute atomic E-state index is 6.32. The summed E-state index contributed by atoms with van der Waals surface area (Å²) in [6.07, 6.45) is 2.57. The summed E-state index contributed by atoms with van der Waals surface area (Å²) in [5.74, 6) is 0.617. The van der Waals surface area contributed by atoms with Crippen molar-refractivity contribution < 1.29 is 4.74 Å². The maximum atomic E-state index is 6.32. The molecule has 0 fully saturated rings. The van der Waals surface area contributed by atoms with Gasteiger partial charge in [0.2, 0.25) is 0 Å². The van der Waals surface area contributed by atoms with Gasteiger partial charge in [-0.3, -0.25) is 0 Å². The molecule has 4 heterocycles. The second kappa shape index (κ2) is 5.24. The number of hydrogen-bond donors (Lipinski definition) is 0. The van der Waals surface area contributed by atoms with E-state index in [-0.39, 0.29) is 5.60 Å². The summed E-state index contributed by atoms with van der Waals surface area (Å²) < 4.78 is 7.69. The molecular weight excluding hydrogens is 356 g/mol. The molecule has 0 atom stereocenters. The molecule has 7 heteroatoms. The second-order valence-electron chi connectivity index (χ2n) is 6.84. The molecule has 1 aliphatic rings. The third-order valence-corrected chi connectivity index (χ3v) is 5.97. The average molecular weight is 371 g/mol. The van der Waals surface area contributed by atoms with Crippen LogP contribution in [0.1, 0.15) is 24.3 Å². The molecular formula is C18H15ClN4OS. The van der Waals surface area contributed by atoms with Crippen molar-refractivity contribution in [2.75, 3.05) is 0 Å². The third-order valence-electron chi connectivity index (χ3n) is 4.52. The van der Waals surface area contributed by atoms with E-state index in [1.54, 1.807) is 22.2 Å². The maximum Gasteiger partial charge on any atom is 0.183 e. The van der Waals surface area contributed by atoms with Crippen LogP contribution in [0.25, 0.3) is 27.3 Å². The summed E-state index contributed by atoms with van der Waals surface area (Å²) in [5, 5.41) is 6.32. The molecule has 0 radical (unpaired) electrons. The highest BCUT2D eigenvalue weighted by Gasteiger charge is 2.30. The summed E-state index contributed by atoms with van der Waals surface area (Å²) in [7, 11) is 0. The lowest BCUT2D eigenvalue weighted by atomic mass is 9.94. The van der Waals surface area contributed by atoms with Crippen LogP contribution in [-0.4, -0.2) is 25.2 Å². The van der Waals surface area contributed by atoms with Crippen LogP contribution in [0.4, 0.5) is 0 Å². The lowest BCUT2D eigenvalue weighted by molar-refractivity contribution is -0.0379. The average Bonchev–Trinajstić information content (AvgIpc) is 3.14. The number of hydrogen-bond acceptors (Lipinski definition) is 5.